The van der Waals surface area contributed by atoms with Crippen molar-refractivity contribution in [3.05, 3.63) is 54.1 Å². The monoisotopic (exact) mass is 298 g/mol. The van der Waals surface area contributed by atoms with E-state index in [9.17, 15) is 21.5 Å². The fourth-order valence-electron chi connectivity index (χ4n) is 1.48. The Morgan fingerprint density at radius 2 is 1.85 bits per heavy atom. The topological polar surface area (TPSA) is 76.1 Å². The number of aromatic nitrogens is 1. The summed E-state index contributed by atoms with van der Waals surface area (Å²) >= 11 is 0. The van der Waals surface area contributed by atoms with Gasteiger partial charge in [0.25, 0.3) is 5.91 Å². The molecule has 0 saturated carbocycles. The van der Waals surface area contributed by atoms with Crippen molar-refractivity contribution in [3.63, 3.8) is 0 Å². The van der Waals surface area contributed by atoms with Gasteiger partial charge >= 0.3 is 10.2 Å². The van der Waals surface area contributed by atoms with Crippen LogP contribution in [-0.4, -0.2) is 19.3 Å². The number of rotatable bonds is 3. The average Bonchev–Trinajstić information content (AvgIpc) is 2.38. The van der Waals surface area contributed by atoms with Gasteiger partial charge in [-0.2, -0.15) is 8.42 Å². The van der Waals surface area contributed by atoms with Crippen LogP contribution in [0.15, 0.2) is 47.5 Å². The second kappa shape index (κ2) is 5.33. The molecule has 1 N–H and O–H groups in total. The molecule has 1 aromatic heterocycles. The van der Waals surface area contributed by atoms with Gasteiger partial charge in [0.15, 0.2) is 0 Å². The maximum atomic E-state index is 13.0. The first-order valence-electron chi connectivity index (χ1n) is 5.34. The Morgan fingerprint density at radius 3 is 2.45 bits per heavy atom. The van der Waals surface area contributed by atoms with Crippen molar-refractivity contribution in [2.75, 3.05) is 5.32 Å². The number of hydrogen-bond donors (Lipinski definition) is 1. The van der Waals surface area contributed by atoms with Gasteiger partial charge < -0.3 is 5.32 Å². The molecule has 0 unspecified atom stereocenters. The van der Waals surface area contributed by atoms with Crippen molar-refractivity contribution < 1.29 is 21.5 Å². The van der Waals surface area contributed by atoms with Gasteiger partial charge in [-0.3, -0.25) is 4.79 Å². The zero-order valence-corrected chi connectivity index (χ0v) is 10.7. The molecule has 8 heteroatoms. The highest BCUT2D eigenvalue weighted by molar-refractivity contribution is 7.86. The van der Waals surface area contributed by atoms with E-state index in [4.69, 9.17) is 0 Å². The Labute approximate surface area is 113 Å². The van der Waals surface area contributed by atoms with Crippen molar-refractivity contribution in [1.82, 2.24) is 4.98 Å². The van der Waals surface area contributed by atoms with Crippen molar-refractivity contribution in [1.29, 1.82) is 0 Å². The van der Waals surface area contributed by atoms with Crippen LogP contribution in [0.5, 0.6) is 0 Å². The van der Waals surface area contributed by atoms with Crippen LogP contribution in [0.1, 0.15) is 10.5 Å². The molecule has 1 heterocycles. The van der Waals surface area contributed by atoms with E-state index in [0.717, 1.165) is 24.4 Å². The minimum atomic E-state index is -4.96. The lowest BCUT2D eigenvalue weighted by atomic mass is 10.3. The predicted molar refractivity (Wildman–Crippen MR) is 66.9 cm³/mol. The van der Waals surface area contributed by atoms with Crippen LogP contribution in [0.4, 0.5) is 14.0 Å². The quantitative estimate of drug-likeness (QED) is 0.881. The lowest BCUT2D eigenvalue weighted by molar-refractivity contribution is 0.102. The van der Waals surface area contributed by atoms with Crippen LogP contribution in [0, 0.1) is 5.82 Å². The van der Waals surface area contributed by atoms with E-state index in [1.807, 2.05) is 0 Å². The van der Waals surface area contributed by atoms with E-state index in [0.29, 0.717) is 0 Å². The van der Waals surface area contributed by atoms with E-state index >= 15 is 0 Å². The summed E-state index contributed by atoms with van der Waals surface area (Å²) in [6.45, 7) is 0. The Kier molecular flexibility index (Phi) is 3.75. The molecule has 0 bridgehead atoms. The van der Waals surface area contributed by atoms with Gasteiger partial charge in [-0.05, 0) is 24.3 Å². The van der Waals surface area contributed by atoms with Gasteiger partial charge in [0, 0.05) is 0 Å². The Morgan fingerprint density at radius 1 is 1.15 bits per heavy atom. The van der Waals surface area contributed by atoms with Crippen molar-refractivity contribution >= 4 is 21.8 Å². The number of carbonyl (C=O) groups is 1. The van der Waals surface area contributed by atoms with Crippen LogP contribution in [0.25, 0.3) is 0 Å². The zero-order chi connectivity index (χ0) is 14.8. The first-order chi connectivity index (χ1) is 9.38. The lowest BCUT2D eigenvalue weighted by Crippen LogP contribution is -2.15. The average molecular weight is 298 g/mol. The van der Waals surface area contributed by atoms with Crippen LogP contribution in [0.2, 0.25) is 0 Å². The second-order valence-electron chi connectivity index (χ2n) is 3.75. The molecule has 0 atom stereocenters. The zero-order valence-electron chi connectivity index (χ0n) is 9.88. The lowest BCUT2D eigenvalue weighted by Gasteiger charge is -2.07. The largest absolute Gasteiger partial charge is 0.334 e. The highest BCUT2D eigenvalue weighted by Gasteiger charge is 2.19. The van der Waals surface area contributed by atoms with Gasteiger partial charge in [-0.15, -0.1) is 3.89 Å². The molecule has 0 aliphatic heterocycles. The van der Waals surface area contributed by atoms with Gasteiger partial charge in [0.05, 0.1) is 11.9 Å². The standard InChI is InChI=1S/C12H8F2N2O3S/c13-8-5-6-10(15-7-8)12(17)16-9-3-1-2-4-11(9)20(14,18)19/h1-7H,(H,16,17). The van der Waals surface area contributed by atoms with Gasteiger partial charge in [-0.1, -0.05) is 12.1 Å². The third-order valence-electron chi connectivity index (χ3n) is 2.36. The minimum Gasteiger partial charge on any atom is -0.319 e. The van der Waals surface area contributed by atoms with Gasteiger partial charge in [0.1, 0.15) is 16.4 Å². The fourth-order valence-corrected chi connectivity index (χ4v) is 2.10. The highest BCUT2D eigenvalue weighted by Crippen LogP contribution is 2.23. The van der Waals surface area contributed by atoms with Crippen molar-refractivity contribution in [2.45, 2.75) is 4.90 Å². The Balaban J connectivity index is 2.31. The molecule has 20 heavy (non-hydrogen) atoms. The minimum absolute atomic E-state index is 0.127. The molecule has 2 aromatic rings. The predicted octanol–water partition coefficient (Wildman–Crippen LogP) is 2.13. The first-order valence-corrected chi connectivity index (χ1v) is 6.73. The van der Waals surface area contributed by atoms with Crippen LogP contribution >= 0.6 is 0 Å². The molecule has 104 valence electrons. The Bertz CT molecular complexity index is 746. The summed E-state index contributed by atoms with van der Waals surface area (Å²) in [4.78, 5) is 14.7. The SMILES string of the molecule is O=C(Nc1ccccc1S(=O)(=O)F)c1ccc(F)cn1. The van der Waals surface area contributed by atoms with Crippen molar-refractivity contribution in [3.8, 4) is 0 Å². The molecular weight excluding hydrogens is 290 g/mol. The number of pyridine rings is 1. The number of nitrogens with one attached hydrogen (secondary N) is 1. The molecule has 0 fully saturated rings. The number of nitrogens with zero attached hydrogens (tertiary/aromatic N) is 1. The third-order valence-corrected chi connectivity index (χ3v) is 3.24. The summed E-state index contributed by atoms with van der Waals surface area (Å²) in [7, 11) is -4.96. The van der Waals surface area contributed by atoms with E-state index < -0.39 is 26.8 Å². The first kappa shape index (κ1) is 14.1. The molecule has 1 aromatic carbocycles. The highest BCUT2D eigenvalue weighted by atomic mass is 32.3. The normalized spacial score (nSPS) is 11.1. The van der Waals surface area contributed by atoms with Crippen LogP contribution in [0.3, 0.4) is 0 Å². The molecule has 0 saturated heterocycles. The summed E-state index contributed by atoms with van der Waals surface area (Å²) in [5, 5.41) is 2.21. The Hall–Kier alpha value is -2.35. The summed E-state index contributed by atoms with van der Waals surface area (Å²) in [5.74, 6) is -1.39. The number of halogens is 2. The molecule has 0 aliphatic rings. The maximum absolute atomic E-state index is 13.0. The molecule has 5 nitrogen and oxygen atoms in total. The van der Waals surface area contributed by atoms with E-state index in [-0.39, 0.29) is 11.4 Å². The van der Waals surface area contributed by atoms with E-state index in [1.165, 1.54) is 18.2 Å². The van der Waals surface area contributed by atoms with E-state index in [2.05, 4.69) is 10.3 Å². The summed E-state index contributed by atoms with van der Waals surface area (Å²) < 4.78 is 47.6. The molecule has 0 spiro atoms. The second-order valence-corrected chi connectivity index (χ2v) is 5.07. The molecular formula is C12H8F2N2O3S. The number of anilines is 1. The number of carbonyl (C=O) groups excluding carboxylic acids is 1. The summed E-state index contributed by atoms with van der Waals surface area (Å²) in [6, 6.07) is 7.15. The summed E-state index contributed by atoms with van der Waals surface area (Å²) in [6.07, 6.45) is 0.840. The number of amides is 1. The van der Waals surface area contributed by atoms with Gasteiger partial charge in [-0.25, -0.2) is 9.37 Å². The molecule has 1 amide bonds. The van der Waals surface area contributed by atoms with Crippen LogP contribution in [-0.2, 0) is 10.2 Å². The van der Waals surface area contributed by atoms with Crippen LogP contribution < -0.4 is 5.32 Å². The van der Waals surface area contributed by atoms with E-state index in [1.54, 1.807) is 0 Å². The molecule has 0 radical (unpaired) electrons. The number of hydrogen-bond acceptors (Lipinski definition) is 4. The summed E-state index contributed by atoms with van der Waals surface area (Å²) in [5.41, 5.74) is -0.344. The molecule has 0 aliphatic carbocycles. The van der Waals surface area contributed by atoms with Crippen molar-refractivity contribution in [2.24, 2.45) is 0 Å². The smallest absolute Gasteiger partial charge is 0.319 e. The number of benzene rings is 1. The molecule has 2 rings (SSSR count). The van der Waals surface area contributed by atoms with Gasteiger partial charge in [0.2, 0.25) is 0 Å². The fraction of sp³-hybridized carbons (Fsp3) is 0. The maximum Gasteiger partial charge on any atom is 0.334 e. The number of para-hydroxylation sites is 1. The third kappa shape index (κ3) is 3.15.